The van der Waals surface area contributed by atoms with Gasteiger partial charge >= 0.3 is 5.97 Å². The summed E-state index contributed by atoms with van der Waals surface area (Å²) in [5, 5.41) is 13.7. The summed E-state index contributed by atoms with van der Waals surface area (Å²) in [6.07, 6.45) is 1.33. The van der Waals surface area contributed by atoms with Crippen LogP contribution in [0.1, 0.15) is 29.8 Å². The van der Waals surface area contributed by atoms with Gasteiger partial charge in [0.2, 0.25) is 5.91 Å². The number of hydrogen-bond donors (Lipinski definition) is 1. The molecule has 1 aromatic carbocycles. The highest BCUT2D eigenvalue weighted by molar-refractivity contribution is 5.83. The zero-order chi connectivity index (χ0) is 20.3. The molecule has 0 radical (unpaired) electrons. The number of carbonyl (C=O) groups is 2. The second-order valence-electron chi connectivity index (χ2n) is 6.97. The predicted molar refractivity (Wildman–Crippen MR) is 99.9 cm³/mol. The van der Waals surface area contributed by atoms with E-state index in [9.17, 15) is 19.1 Å². The molecule has 0 bridgehead atoms. The van der Waals surface area contributed by atoms with Crippen LogP contribution in [0.3, 0.4) is 0 Å². The molecule has 1 aromatic heterocycles. The molecule has 0 aliphatic carbocycles. The van der Waals surface area contributed by atoms with Gasteiger partial charge in [-0.25, -0.2) is 9.07 Å². The van der Waals surface area contributed by atoms with E-state index in [1.807, 2.05) is 13.8 Å². The summed E-state index contributed by atoms with van der Waals surface area (Å²) in [4.78, 5) is 25.7. The Balaban J connectivity index is 1.83. The number of nitrogens with zero attached hydrogens (tertiary/aromatic N) is 3. The molecule has 1 aliphatic rings. The molecular weight excluding hydrogens is 365 g/mol. The topological polar surface area (TPSA) is 84.7 Å². The largest absolute Gasteiger partial charge is 0.480 e. The molecule has 0 unspecified atom stereocenters. The zero-order valence-corrected chi connectivity index (χ0v) is 16.0. The number of benzene rings is 1. The maximum Gasteiger partial charge on any atom is 0.323 e. The van der Waals surface area contributed by atoms with E-state index in [0.717, 1.165) is 11.3 Å². The molecule has 1 N–H and O–H groups in total. The van der Waals surface area contributed by atoms with Crippen molar-refractivity contribution in [2.75, 3.05) is 19.8 Å². The normalized spacial score (nSPS) is 14.8. The van der Waals surface area contributed by atoms with Gasteiger partial charge in [0.05, 0.1) is 17.8 Å². The molecule has 150 valence electrons. The quantitative estimate of drug-likeness (QED) is 0.819. The molecule has 2 heterocycles. The third-order valence-corrected chi connectivity index (χ3v) is 5.10. The minimum atomic E-state index is -1.03. The lowest BCUT2D eigenvalue weighted by Gasteiger charge is -2.33. The third-order valence-electron chi connectivity index (χ3n) is 5.10. The molecule has 1 amide bonds. The van der Waals surface area contributed by atoms with E-state index in [0.29, 0.717) is 37.4 Å². The van der Waals surface area contributed by atoms with Crippen molar-refractivity contribution in [2.45, 2.75) is 39.2 Å². The van der Waals surface area contributed by atoms with Crippen LogP contribution in [0, 0.1) is 19.7 Å². The summed E-state index contributed by atoms with van der Waals surface area (Å²) in [6.45, 7) is 4.38. The Morgan fingerprint density at radius 2 is 1.89 bits per heavy atom. The highest BCUT2D eigenvalue weighted by Gasteiger charge is 2.29. The van der Waals surface area contributed by atoms with E-state index < -0.39 is 5.97 Å². The molecule has 3 rings (SSSR count). The van der Waals surface area contributed by atoms with Crippen molar-refractivity contribution in [1.82, 2.24) is 14.7 Å². The van der Waals surface area contributed by atoms with Gasteiger partial charge in [-0.2, -0.15) is 5.10 Å². The Kier molecular flexibility index (Phi) is 6.08. The van der Waals surface area contributed by atoms with Gasteiger partial charge in [0, 0.05) is 30.5 Å². The summed E-state index contributed by atoms with van der Waals surface area (Å²) >= 11 is 0. The molecule has 1 fully saturated rings. The Morgan fingerprint density at radius 3 is 2.50 bits per heavy atom. The van der Waals surface area contributed by atoms with Crippen LogP contribution < -0.4 is 0 Å². The maximum atomic E-state index is 13.2. The monoisotopic (exact) mass is 389 g/mol. The number of carbonyl (C=O) groups excluding carboxylic acids is 1. The second-order valence-corrected chi connectivity index (χ2v) is 6.97. The fourth-order valence-electron chi connectivity index (χ4n) is 3.58. The fourth-order valence-corrected chi connectivity index (χ4v) is 3.58. The van der Waals surface area contributed by atoms with E-state index in [1.165, 1.54) is 17.0 Å². The van der Waals surface area contributed by atoms with Gasteiger partial charge in [0.15, 0.2) is 0 Å². The van der Waals surface area contributed by atoms with Crippen LogP contribution >= 0.6 is 0 Å². The summed E-state index contributed by atoms with van der Waals surface area (Å²) in [5.41, 5.74) is 2.93. The van der Waals surface area contributed by atoms with E-state index in [1.54, 1.807) is 16.8 Å². The second kappa shape index (κ2) is 8.52. The highest BCUT2D eigenvalue weighted by atomic mass is 19.1. The van der Waals surface area contributed by atoms with Gasteiger partial charge in [-0.1, -0.05) is 0 Å². The molecule has 8 heteroatoms. The zero-order valence-electron chi connectivity index (χ0n) is 16.0. The van der Waals surface area contributed by atoms with Crippen LogP contribution in [-0.2, 0) is 20.7 Å². The number of carboxylic acids is 1. The van der Waals surface area contributed by atoms with Crippen LogP contribution in [0.5, 0.6) is 0 Å². The molecule has 7 nitrogen and oxygen atoms in total. The lowest BCUT2D eigenvalue weighted by molar-refractivity contribution is -0.147. The van der Waals surface area contributed by atoms with E-state index in [4.69, 9.17) is 4.74 Å². The van der Waals surface area contributed by atoms with E-state index in [-0.39, 0.29) is 30.7 Å². The third kappa shape index (κ3) is 4.39. The first-order valence-corrected chi connectivity index (χ1v) is 9.27. The number of aliphatic carboxylic acids is 1. The number of halogens is 1. The summed E-state index contributed by atoms with van der Waals surface area (Å²) in [7, 11) is 0. The summed E-state index contributed by atoms with van der Waals surface area (Å²) in [5.74, 6) is -1.60. The molecule has 28 heavy (non-hydrogen) atoms. The van der Waals surface area contributed by atoms with Crippen molar-refractivity contribution < 1.29 is 23.8 Å². The van der Waals surface area contributed by atoms with Crippen molar-refractivity contribution in [1.29, 1.82) is 0 Å². The van der Waals surface area contributed by atoms with Crippen molar-refractivity contribution in [3.8, 4) is 5.69 Å². The molecule has 0 spiro atoms. The van der Waals surface area contributed by atoms with Crippen molar-refractivity contribution >= 4 is 11.9 Å². The number of amides is 1. The SMILES string of the molecule is Cc1nn(-c2ccc(F)cc2)c(C)c1CC(=O)N(CC(=O)O)C1CCOCC1. The first-order valence-electron chi connectivity index (χ1n) is 9.27. The van der Waals surface area contributed by atoms with Gasteiger partial charge in [-0.3, -0.25) is 9.59 Å². The van der Waals surface area contributed by atoms with Gasteiger partial charge in [-0.05, 0) is 51.0 Å². The first-order chi connectivity index (χ1) is 13.4. The van der Waals surface area contributed by atoms with E-state index >= 15 is 0 Å². The molecule has 1 saturated heterocycles. The molecule has 0 saturated carbocycles. The minimum Gasteiger partial charge on any atom is -0.480 e. The first kappa shape index (κ1) is 20.0. The Bertz CT molecular complexity index is 857. The standard InChI is InChI=1S/C20H24FN3O4/c1-13-18(14(2)24(22-13)17-5-3-15(21)4-6-17)11-19(25)23(12-20(26)27)16-7-9-28-10-8-16/h3-6,16H,7-12H2,1-2H3,(H,26,27). The van der Waals surface area contributed by atoms with Gasteiger partial charge < -0.3 is 14.7 Å². The predicted octanol–water partition coefficient (Wildman–Crippen LogP) is 2.26. The Labute approximate surface area is 162 Å². The number of aromatic nitrogens is 2. The van der Waals surface area contributed by atoms with Crippen LogP contribution in [0.15, 0.2) is 24.3 Å². The van der Waals surface area contributed by atoms with Gasteiger partial charge in [-0.15, -0.1) is 0 Å². The number of ether oxygens (including phenoxy) is 1. The number of aryl methyl sites for hydroxylation is 1. The van der Waals surface area contributed by atoms with Gasteiger partial charge in [0.1, 0.15) is 12.4 Å². The molecular formula is C20H24FN3O4. The van der Waals surface area contributed by atoms with Crippen molar-refractivity contribution in [3.63, 3.8) is 0 Å². The summed E-state index contributed by atoms with van der Waals surface area (Å²) in [6, 6.07) is 5.83. The number of hydrogen-bond acceptors (Lipinski definition) is 4. The van der Waals surface area contributed by atoms with Crippen LogP contribution in [0.25, 0.3) is 5.69 Å². The fraction of sp³-hybridized carbons (Fsp3) is 0.450. The van der Waals surface area contributed by atoms with Crippen LogP contribution in [-0.4, -0.2) is 57.5 Å². The van der Waals surface area contributed by atoms with Gasteiger partial charge in [0.25, 0.3) is 0 Å². The molecule has 2 aromatic rings. The smallest absolute Gasteiger partial charge is 0.323 e. The number of rotatable bonds is 6. The lowest BCUT2D eigenvalue weighted by atomic mass is 10.0. The number of carboxylic acid groups (broad SMARTS) is 1. The highest BCUT2D eigenvalue weighted by Crippen LogP contribution is 2.21. The van der Waals surface area contributed by atoms with Crippen molar-refractivity contribution in [3.05, 3.63) is 47.0 Å². The summed E-state index contributed by atoms with van der Waals surface area (Å²) < 4.78 is 20.2. The average Bonchev–Trinajstić information content (AvgIpc) is 2.95. The minimum absolute atomic E-state index is 0.0729. The lowest BCUT2D eigenvalue weighted by Crippen LogP contribution is -2.46. The molecule has 1 aliphatic heterocycles. The average molecular weight is 389 g/mol. The Morgan fingerprint density at radius 1 is 1.25 bits per heavy atom. The van der Waals surface area contributed by atoms with Crippen LogP contribution in [0.2, 0.25) is 0 Å². The molecule has 0 atom stereocenters. The maximum absolute atomic E-state index is 13.2. The van der Waals surface area contributed by atoms with E-state index in [2.05, 4.69) is 5.10 Å². The van der Waals surface area contributed by atoms with Crippen molar-refractivity contribution in [2.24, 2.45) is 0 Å². The Hall–Kier alpha value is -2.74. The van der Waals surface area contributed by atoms with Crippen LogP contribution in [0.4, 0.5) is 4.39 Å².